The van der Waals surface area contributed by atoms with Crippen LogP contribution in [-0.2, 0) is 42.2 Å². The molecule has 0 bridgehead atoms. The maximum atomic E-state index is 12.9. The van der Waals surface area contributed by atoms with Crippen molar-refractivity contribution in [3.63, 3.8) is 0 Å². The van der Waals surface area contributed by atoms with Gasteiger partial charge >= 0.3 is 25.7 Å². The Labute approximate surface area is 453 Å². The molecule has 0 amide bonds. The zero-order valence-electron chi connectivity index (χ0n) is 47.8. The van der Waals surface area contributed by atoms with Crippen molar-refractivity contribution in [2.24, 2.45) is 0 Å². The minimum Gasteiger partial charge on any atom is -0.462 e. The van der Waals surface area contributed by atoms with Crippen LogP contribution in [0.25, 0.3) is 0 Å². The molecule has 74 heavy (non-hydrogen) atoms. The van der Waals surface area contributed by atoms with Crippen LogP contribution >= 0.6 is 7.82 Å². The van der Waals surface area contributed by atoms with Crippen molar-refractivity contribution in [1.82, 2.24) is 0 Å². The molecule has 2 N–H and O–H groups in total. The van der Waals surface area contributed by atoms with Gasteiger partial charge in [0.25, 0.3) is 0 Å². The van der Waals surface area contributed by atoms with Crippen LogP contribution in [-0.4, -0.2) is 66.5 Å². The third kappa shape index (κ3) is 54.2. The Morgan fingerprint density at radius 1 is 0.392 bits per heavy atom. The molecule has 11 nitrogen and oxygen atoms in total. The van der Waals surface area contributed by atoms with Gasteiger partial charge in [-0.3, -0.25) is 23.4 Å². The van der Waals surface area contributed by atoms with E-state index in [1.807, 2.05) is 0 Å². The highest BCUT2D eigenvalue weighted by molar-refractivity contribution is 7.47. The SMILES string of the molecule is CC/C=C\C/C=C\C/C=C\C/C=C\CCCCC(=O)OC(CO)COP(=O)(O)OCC(COC(=O)CCCCCCCCCCCCCCCCC)OC(=O)CCCCCCCCCCCCCCCCCCC. The van der Waals surface area contributed by atoms with Crippen LogP contribution in [0.3, 0.4) is 0 Å². The predicted octanol–water partition coefficient (Wildman–Crippen LogP) is 18.1. The summed E-state index contributed by atoms with van der Waals surface area (Å²) < 4.78 is 39.6. The largest absolute Gasteiger partial charge is 0.472 e. The number of unbranched alkanes of at least 4 members (excludes halogenated alkanes) is 32. The van der Waals surface area contributed by atoms with Crippen LogP contribution in [0, 0.1) is 0 Å². The smallest absolute Gasteiger partial charge is 0.462 e. The fraction of sp³-hybridized carbons (Fsp3) is 0.823. The summed E-state index contributed by atoms with van der Waals surface area (Å²) in [5.74, 6) is -1.48. The molecule has 3 atom stereocenters. The van der Waals surface area contributed by atoms with E-state index < -0.39 is 57.8 Å². The van der Waals surface area contributed by atoms with Gasteiger partial charge in [-0.05, 0) is 57.8 Å². The van der Waals surface area contributed by atoms with Gasteiger partial charge < -0.3 is 24.2 Å². The van der Waals surface area contributed by atoms with Crippen LogP contribution < -0.4 is 0 Å². The standard InChI is InChI=1S/C62H113O11P/c1-4-7-10-13-16-19-22-25-28-29-32-35-38-41-44-47-50-53-62(66)73-59(55-69-60(64)51-48-45-42-39-36-33-30-26-23-20-17-14-11-8-5-2)57-71-74(67,68)70-56-58(54-63)72-61(65)52-49-46-43-40-37-34-31-27-24-21-18-15-12-9-6-3/h9,12,18,21,27,31,37,40,58-59,63H,4-8,10-11,13-17,19-20,22-26,28-30,32-36,38-39,41-57H2,1-3H3,(H,67,68)/b12-9-,21-18-,31-27-,40-37-. The number of phosphoric acid groups is 1. The number of ether oxygens (including phenoxy) is 3. The zero-order valence-corrected chi connectivity index (χ0v) is 48.7. The lowest BCUT2D eigenvalue weighted by molar-refractivity contribution is -0.161. The monoisotopic (exact) mass is 1060 g/mol. The van der Waals surface area contributed by atoms with Gasteiger partial charge in [-0.25, -0.2) is 4.57 Å². The minimum atomic E-state index is -4.76. The molecule has 0 radical (unpaired) electrons. The van der Waals surface area contributed by atoms with Gasteiger partial charge in [0, 0.05) is 19.3 Å². The first kappa shape index (κ1) is 71.4. The van der Waals surface area contributed by atoms with Gasteiger partial charge in [-0.15, -0.1) is 0 Å². The highest BCUT2D eigenvalue weighted by atomic mass is 31.2. The molecular formula is C62H113O11P. The van der Waals surface area contributed by atoms with Crippen LogP contribution in [0.5, 0.6) is 0 Å². The van der Waals surface area contributed by atoms with Gasteiger partial charge in [0.1, 0.15) is 12.7 Å². The van der Waals surface area contributed by atoms with E-state index in [4.69, 9.17) is 23.3 Å². The van der Waals surface area contributed by atoms with Gasteiger partial charge in [0.2, 0.25) is 0 Å². The molecule has 0 spiro atoms. The van der Waals surface area contributed by atoms with Crippen molar-refractivity contribution < 1.29 is 52.2 Å². The second-order valence-corrected chi connectivity index (χ2v) is 22.0. The highest BCUT2D eigenvalue weighted by Gasteiger charge is 2.28. The van der Waals surface area contributed by atoms with E-state index in [2.05, 4.69) is 69.4 Å². The van der Waals surface area contributed by atoms with Crippen molar-refractivity contribution in [2.45, 2.75) is 303 Å². The van der Waals surface area contributed by atoms with Gasteiger partial charge in [-0.2, -0.15) is 0 Å². The van der Waals surface area contributed by atoms with Gasteiger partial charge in [0.15, 0.2) is 6.10 Å². The van der Waals surface area contributed by atoms with Gasteiger partial charge in [-0.1, -0.05) is 262 Å². The number of hydrogen-bond acceptors (Lipinski definition) is 10. The lowest BCUT2D eigenvalue weighted by Crippen LogP contribution is -2.30. The lowest BCUT2D eigenvalue weighted by Gasteiger charge is -2.21. The number of aliphatic hydroxyl groups is 1. The second kappa shape index (κ2) is 56.6. The number of esters is 3. The molecule has 0 fully saturated rings. The Balaban J connectivity index is 4.71. The number of allylic oxidation sites excluding steroid dienone is 8. The number of rotatable bonds is 57. The summed E-state index contributed by atoms with van der Waals surface area (Å²) in [6.07, 6.45) is 60.7. The Bertz CT molecular complexity index is 1430. The maximum absolute atomic E-state index is 12.9. The van der Waals surface area contributed by atoms with E-state index >= 15 is 0 Å². The molecule has 12 heteroatoms. The van der Waals surface area contributed by atoms with E-state index in [-0.39, 0.29) is 25.9 Å². The first-order valence-electron chi connectivity index (χ1n) is 30.5. The van der Waals surface area contributed by atoms with Crippen LogP contribution in [0.15, 0.2) is 48.6 Å². The quantitative estimate of drug-likeness (QED) is 0.0197. The molecule has 0 aliphatic heterocycles. The van der Waals surface area contributed by atoms with E-state index in [9.17, 15) is 28.9 Å². The summed E-state index contributed by atoms with van der Waals surface area (Å²) in [5, 5.41) is 9.82. The van der Waals surface area contributed by atoms with Crippen molar-refractivity contribution in [1.29, 1.82) is 0 Å². The minimum absolute atomic E-state index is 0.127. The second-order valence-electron chi connectivity index (χ2n) is 20.5. The Morgan fingerprint density at radius 3 is 1.08 bits per heavy atom. The molecule has 0 heterocycles. The van der Waals surface area contributed by atoms with E-state index in [0.29, 0.717) is 19.3 Å². The molecule has 432 valence electrons. The first-order valence-corrected chi connectivity index (χ1v) is 32.0. The normalized spacial score (nSPS) is 13.6. The molecule has 0 rings (SSSR count). The van der Waals surface area contributed by atoms with Crippen molar-refractivity contribution in [3.8, 4) is 0 Å². The van der Waals surface area contributed by atoms with Crippen LogP contribution in [0.1, 0.15) is 290 Å². The fourth-order valence-corrected chi connectivity index (χ4v) is 9.43. The number of carbonyl (C=O) groups is 3. The third-order valence-corrected chi connectivity index (χ3v) is 14.2. The summed E-state index contributed by atoms with van der Waals surface area (Å²) in [5.41, 5.74) is 0. The zero-order chi connectivity index (χ0) is 54.1. The number of hydrogen-bond donors (Lipinski definition) is 2. The predicted molar refractivity (Wildman–Crippen MR) is 307 cm³/mol. The topological polar surface area (TPSA) is 155 Å². The Morgan fingerprint density at radius 2 is 0.703 bits per heavy atom. The van der Waals surface area contributed by atoms with Crippen molar-refractivity contribution >= 4 is 25.7 Å². The highest BCUT2D eigenvalue weighted by Crippen LogP contribution is 2.43. The molecule has 0 aromatic carbocycles. The average Bonchev–Trinajstić information content (AvgIpc) is 3.39. The molecule has 0 saturated heterocycles. The molecule has 3 unspecified atom stereocenters. The summed E-state index contributed by atoms with van der Waals surface area (Å²) in [6.45, 7) is 4.54. The first-order chi connectivity index (χ1) is 36.2. The fourth-order valence-electron chi connectivity index (χ4n) is 8.64. The molecule has 0 aromatic heterocycles. The summed E-state index contributed by atoms with van der Waals surface area (Å²) in [6, 6.07) is 0. The van der Waals surface area contributed by atoms with E-state index in [0.717, 1.165) is 77.0 Å². The summed E-state index contributed by atoms with van der Waals surface area (Å²) in [4.78, 5) is 48.6. The van der Waals surface area contributed by atoms with E-state index in [1.54, 1.807) is 0 Å². The van der Waals surface area contributed by atoms with Crippen LogP contribution in [0.2, 0.25) is 0 Å². The molecular weight excluding hydrogens is 952 g/mol. The Kier molecular flexibility index (Phi) is 54.7. The van der Waals surface area contributed by atoms with Crippen LogP contribution in [0.4, 0.5) is 0 Å². The van der Waals surface area contributed by atoms with Gasteiger partial charge in [0.05, 0.1) is 19.8 Å². The molecule has 0 aliphatic rings. The summed E-state index contributed by atoms with van der Waals surface area (Å²) in [7, 11) is -4.76. The maximum Gasteiger partial charge on any atom is 0.472 e. The number of phosphoric ester groups is 1. The molecule has 0 saturated carbocycles. The third-order valence-electron chi connectivity index (χ3n) is 13.3. The number of aliphatic hydroxyl groups excluding tert-OH is 1. The van der Waals surface area contributed by atoms with E-state index in [1.165, 1.54) is 154 Å². The molecule has 0 aliphatic carbocycles. The average molecular weight is 1070 g/mol. The van der Waals surface area contributed by atoms with Crippen molar-refractivity contribution in [3.05, 3.63) is 48.6 Å². The summed E-state index contributed by atoms with van der Waals surface area (Å²) >= 11 is 0. The van der Waals surface area contributed by atoms with Crippen molar-refractivity contribution in [2.75, 3.05) is 26.4 Å². The lowest BCUT2D eigenvalue weighted by atomic mass is 10.0. The number of carbonyl (C=O) groups excluding carboxylic acids is 3. The molecule has 0 aromatic rings. The Hall–Kier alpha value is -2.56.